The summed E-state index contributed by atoms with van der Waals surface area (Å²) in [5.41, 5.74) is -0.765. The quantitative estimate of drug-likeness (QED) is 0.590. The second-order valence-corrected chi connectivity index (χ2v) is 5.43. The van der Waals surface area contributed by atoms with Crippen molar-refractivity contribution in [1.29, 1.82) is 0 Å². The van der Waals surface area contributed by atoms with Crippen LogP contribution in [-0.2, 0) is 4.79 Å². The number of hydrogen-bond donors (Lipinski definition) is 2. The number of aryl methyl sites for hydroxylation is 1. The van der Waals surface area contributed by atoms with Crippen molar-refractivity contribution in [1.82, 2.24) is 5.32 Å². The molecule has 116 valence electrons. The molecular formula is C14H20N2O5. The van der Waals surface area contributed by atoms with Gasteiger partial charge in [0.2, 0.25) is 0 Å². The van der Waals surface area contributed by atoms with Gasteiger partial charge in [-0.1, -0.05) is 0 Å². The molecule has 7 heteroatoms. The summed E-state index contributed by atoms with van der Waals surface area (Å²) in [4.78, 5) is 21.6. The molecular weight excluding hydrogens is 276 g/mol. The van der Waals surface area contributed by atoms with Crippen LogP contribution in [-0.4, -0.2) is 34.2 Å². The molecule has 0 heterocycles. The molecule has 2 N–H and O–H groups in total. The topological polar surface area (TPSA) is 102 Å². The predicted octanol–water partition coefficient (Wildman–Crippen LogP) is 2.12. The molecule has 0 fully saturated rings. The van der Waals surface area contributed by atoms with Gasteiger partial charge in [-0.15, -0.1) is 0 Å². The van der Waals surface area contributed by atoms with Crippen molar-refractivity contribution in [2.45, 2.75) is 39.3 Å². The summed E-state index contributed by atoms with van der Waals surface area (Å²) in [6, 6.07) is 4.31. The molecule has 0 radical (unpaired) electrons. The average Bonchev–Trinajstić information content (AvgIpc) is 2.35. The summed E-state index contributed by atoms with van der Waals surface area (Å²) >= 11 is 0. The molecule has 1 unspecified atom stereocenters. The number of carboxylic acid groups (broad SMARTS) is 1. The lowest BCUT2D eigenvalue weighted by Crippen LogP contribution is -2.56. The highest BCUT2D eigenvalue weighted by atomic mass is 16.6. The van der Waals surface area contributed by atoms with Crippen molar-refractivity contribution in [3.63, 3.8) is 0 Å². The van der Waals surface area contributed by atoms with Crippen LogP contribution >= 0.6 is 0 Å². The second kappa shape index (κ2) is 6.53. The molecule has 1 atom stereocenters. The zero-order valence-corrected chi connectivity index (χ0v) is 12.5. The van der Waals surface area contributed by atoms with Crippen molar-refractivity contribution in [2.24, 2.45) is 0 Å². The van der Waals surface area contributed by atoms with E-state index in [1.54, 1.807) is 6.92 Å². The van der Waals surface area contributed by atoms with Crippen molar-refractivity contribution < 1.29 is 19.6 Å². The van der Waals surface area contributed by atoms with Crippen LogP contribution in [0.3, 0.4) is 0 Å². The fourth-order valence-corrected chi connectivity index (χ4v) is 1.95. The molecule has 0 saturated heterocycles. The average molecular weight is 296 g/mol. The summed E-state index contributed by atoms with van der Waals surface area (Å²) in [6.45, 7) is 6.74. The number of carboxylic acids is 1. The Bertz CT molecular complexity index is 544. The van der Waals surface area contributed by atoms with Gasteiger partial charge < -0.3 is 9.84 Å². The molecule has 0 aliphatic rings. The Hall–Kier alpha value is -2.15. The van der Waals surface area contributed by atoms with E-state index >= 15 is 0 Å². The summed E-state index contributed by atoms with van der Waals surface area (Å²) in [6.07, 6.45) is 0. The fourth-order valence-electron chi connectivity index (χ4n) is 1.95. The van der Waals surface area contributed by atoms with Crippen LogP contribution in [0.1, 0.15) is 26.3 Å². The third-order valence-electron chi connectivity index (χ3n) is 2.97. The van der Waals surface area contributed by atoms with Gasteiger partial charge in [0.25, 0.3) is 5.69 Å². The molecule has 0 aliphatic carbocycles. The number of nitrogens with one attached hydrogen (secondary N) is 1. The van der Waals surface area contributed by atoms with Crippen LogP contribution in [0.15, 0.2) is 18.2 Å². The molecule has 21 heavy (non-hydrogen) atoms. The maximum Gasteiger partial charge on any atom is 0.327 e. The third-order valence-corrected chi connectivity index (χ3v) is 2.97. The first-order chi connectivity index (χ1) is 9.65. The summed E-state index contributed by atoms with van der Waals surface area (Å²) < 4.78 is 5.48. The Kier molecular flexibility index (Phi) is 5.26. The Morgan fingerprint density at radius 3 is 2.57 bits per heavy atom. The molecule has 7 nitrogen and oxygen atoms in total. The number of benzene rings is 1. The predicted molar refractivity (Wildman–Crippen MR) is 77.6 cm³/mol. The van der Waals surface area contributed by atoms with Crippen LogP contribution < -0.4 is 10.1 Å². The van der Waals surface area contributed by atoms with Gasteiger partial charge in [0.1, 0.15) is 17.9 Å². The molecule has 0 bridgehead atoms. The van der Waals surface area contributed by atoms with E-state index in [2.05, 4.69) is 5.32 Å². The number of ether oxygens (including phenoxy) is 1. The molecule has 0 saturated carbocycles. The van der Waals surface area contributed by atoms with E-state index in [4.69, 9.17) is 4.74 Å². The van der Waals surface area contributed by atoms with Crippen molar-refractivity contribution in [3.05, 3.63) is 33.9 Å². The van der Waals surface area contributed by atoms with Crippen LogP contribution in [0.2, 0.25) is 0 Å². The van der Waals surface area contributed by atoms with Crippen molar-refractivity contribution >= 4 is 11.7 Å². The molecule has 0 aromatic heterocycles. The first kappa shape index (κ1) is 16.9. The van der Waals surface area contributed by atoms with E-state index < -0.39 is 16.4 Å². The van der Waals surface area contributed by atoms with E-state index in [0.717, 1.165) is 0 Å². The van der Waals surface area contributed by atoms with E-state index in [-0.39, 0.29) is 18.3 Å². The largest absolute Gasteiger partial charge is 0.491 e. The number of hydrogen-bond acceptors (Lipinski definition) is 5. The number of nitro groups is 1. The zero-order chi connectivity index (χ0) is 16.2. The highest BCUT2D eigenvalue weighted by Gasteiger charge is 2.34. The van der Waals surface area contributed by atoms with Crippen LogP contribution in [0.25, 0.3) is 0 Å². The van der Waals surface area contributed by atoms with Gasteiger partial charge >= 0.3 is 5.97 Å². The smallest absolute Gasteiger partial charge is 0.327 e. The lowest BCUT2D eigenvalue weighted by Gasteiger charge is -2.28. The molecule has 0 spiro atoms. The van der Waals surface area contributed by atoms with Gasteiger partial charge in [0.15, 0.2) is 0 Å². The van der Waals surface area contributed by atoms with E-state index in [1.807, 2.05) is 13.8 Å². The maximum absolute atomic E-state index is 11.4. The van der Waals surface area contributed by atoms with Gasteiger partial charge in [0.05, 0.1) is 4.92 Å². The molecule has 1 aromatic carbocycles. The number of nitro benzene ring substituents is 1. The molecule has 0 amide bonds. The Labute approximate surface area is 123 Å². The van der Waals surface area contributed by atoms with Gasteiger partial charge in [-0.05, 0) is 39.8 Å². The highest BCUT2D eigenvalue weighted by molar-refractivity contribution is 5.78. The first-order valence-corrected chi connectivity index (χ1v) is 6.54. The Morgan fingerprint density at radius 1 is 1.52 bits per heavy atom. The molecule has 1 aromatic rings. The first-order valence-electron chi connectivity index (χ1n) is 6.54. The van der Waals surface area contributed by atoms with E-state index in [0.29, 0.717) is 11.3 Å². The number of rotatable bonds is 7. The molecule has 1 rings (SSSR count). The lowest BCUT2D eigenvalue weighted by atomic mass is 10.0. The third kappa shape index (κ3) is 4.42. The zero-order valence-electron chi connectivity index (χ0n) is 12.5. The minimum Gasteiger partial charge on any atom is -0.491 e. The SMILES string of the molecule is Cc1cc(OCC(C)(NC(C)C)C(=O)O)ccc1[N+](=O)[O-]. The second-order valence-electron chi connectivity index (χ2n) is 5.43. The van der Waals surface area contributed by atoms with Gasteiger partial charge in [-0.2, -0.15) is 0 Å². The van der Waals surface area contributed by atoms with E-state index in [9.17, 15) is 20.0 Å². The van der Waals surface area contributed by atoms with Crippen molar-refractivity contribution in [2.75, 3.05) is 6.61 Å². The van der Waals surface area contributed by atoms with Crippen LogP contribution in [0, 0.1) is 17.0 Å². The molecule has 0 aliphatic heterocycles. The van der Waals surface area contributed by atoms with Gasteiger partial charge in [-0.25, -0.2) is 0 Å². The Morgan fingerprint density at radius 2 is 2.14 bits per heavy atom. The van der Waals surface area contributed by atoms with Gasteiger partial charge in [0, 0.05) is 17.7 Å². The number of carbonyl (C=O) groups is 1. The van der Waals surface area contributed by atoms with Crippen molar-refractivity contribution in [3.8, 4) is 5.75 Å². The minimum atomic E-state index is -1.23. The van der Waals surface area contributed by atoms with E-state index in [1.165, 1.54) is 25.1 Å². The maximum atomic E-state index is 11.4. The summed E-state index contributed by atoms with van der Waals surface area (Å²) in [7, 11) is 0. The summed E-state index contributed by atoms with van der Waals surface area (Å²) in [5.74, 6) is -0.619. The van der Waals surface area contributed by atoms with Gasteiger partial charge in [-0.3, -0.25) is 20.2 Å². The lowest BCUT2D eigenvalue weighted by molar-refractivity contribution is -0.385. The normalized spacial score (nSPS) is 13.8. The Balaban J connectivity index is 2.84. The minimum absolute atomic E-state index is 0.00338. The fraction of sp³-hybridized carbons (Fsp3) is 0.500. The highest BCUT2D eigenvalue weighted by Crippen LogP contribution is 2.23. The number of nitrogens with zero attached hydrogens (tertiary/aromatic N) is 1. The summed E-state index contributed by atoms with van der Waals surface area (Å²) in [5, 5.41) is 23.0. The number of aliphatic carboxylic acids is 1. The standard InChI is InChI=1S/C14H20N2O5/c1-9(2)15-14(4,13(17)18)8-21-11-5-6-12(16(19)20)10(3)7-11/h5-7,9,15H,8H2,1-4H3,(H,17,18). The monoisotopic (exact) mass is 296 g/mol. The van der Waals surface area contributed by atoms with Crippen LogP contribution in [0.4, 0.5) is 5.69 Å². The van der Waals surface area contributed by atoms with Crippen LogP contribution in [0.5, 0.6) is 5.75 Å².